The molecule has 0 unspecified atom stereocenters. The highest BCUT2D eigenvalue weighted by molar-refractivity contribution is 6.31. The summed E-state index contributed by atoms with van der Waals surface area (Å²) < 4.78 is 0. The molecule has 1 aromatic carbocycles. The van der Waals surface area contributed by atoms with Gasteiger partial charge in [-0.15, -0.1) is 0 Å². The predicted octanol–water partition coefficient (Wildman–Crippen LogP) is 2.24. The normalized spacial score (nSPS) is 17.9. The van der Waals surface area contributed by atoms with Crippen molar-refractivity contribution in [2.75, 3.05) is 39.3 Å². The van der Waals surface area contributed by atoms with E-state index >= 15 is 0 Å². The first-order valence-corrected chi connectivity index (χ1v) is 9.48. The molecule has 5 nitrogen and oxygen atoms in total. The summed E-state index contributed by atoms with van der Waals surface area (Å²) in [5.74, 6) is 0.668. The number of rotatable bonds is 6. The lowest BCUT2D eigenvalue weighted by Crippen LogP contribution is -2.52. The SMILES string of the molecule is CCN(CC(=O)N1CCN(C(=O)C2CC2)CC1)Cc1ccccc1Cl. The van der Waals surface area contributed by atoms with Gasteiger partial charge in [-0.05, 0) is 31.0 Å². The van der Waals surface area contributed by atoms with Gasteiger partial charge in [-0.25, -0.2) is 0 Å². The Bertz CT molecular complexity index is 625. The van der Waals surface area contributed by atoms with E-state index in [1.54, 1.807) is 0 Å². The monoisotopic (exact) mass is 363 g/mol. The summed E-state index contributed by atoms with van der Waals surface area (Å²) >= 11 is 6.23. The van der Waals surface area contributed by atoms with Gasteiger partial charge in [0, 0.05) is 43.7 Å². The van der Waals surface area contributed by atoms with E-state index in [1.807, 2.05) is 34.1 Å². The molecule has 0 bridgehead atoms. The molecule has 0 aromatic heterocycles. The molecule has 0 N–H and O–H groups in total. The second-order valence-electron chi connectivity index (χ2n) is 6.88. The van der Waals surface area contributed by atoms with E-state index in [1.165, 1.54) is 0 Å². The third-order valence-corrected chi connectivity index (χ3v) is 5.40. The van der Waals surface area contributed by atoms with E-state index in [0.717, 1.165) is 30.0 Å². The fourth-order valence-electron chi connectivity index (χ4n) is 3.20. The smallest absolute Gasteiger partial charge is 0.236 e. The summed E-state index contributed by atoms with van der Waals surface area (Å²) in [6, 6.07) is 7.75. The maximum absolute atomic E-state index is 12.6. The fraction of sp³-hybridized carbons (Fsp3) is 0.579. The van der Waals surface area contributed by atoms with Gasteiger partial charge in [0.2, 0.25) is 11.8 Å². The number of halogens is 1. The molecular weight excluding hydrogens is 338 g/mol. The Balaban J connectivity index is 1.49. The third kappa shape index (κ3) is 4.73. The number of likely N-dealkylation sites (N-methyl/N-ethyl adjacent to an activating group) is 1. The first-order chi connectivity index (χ1) is 12.1. The van der Waals surface area contributed by atoms with E-state index in [4.69, 9.17) is 11.6 Å². The summed E-state index contributed by atoms with van der Waals surface area (Å²) in [5, 5.41) is 0.737. The maximum atomic E-state index is 12.6. The Morgan fingerprint density at radius 2 is 1.76 bits per heavy atom. The van der Waals surface area contributed by atoms with Crippen molar-refractivity contribution in [3.05, 3.63) is 34.9 Å². The molecule has 0 atom stereocenters. The highest BCUT2D eigenvalue weighted by Gasteiger charge is 2.35. The number of carbonyl (C=O) groups excluding carboxylic acids is 2. The minimum atomic E-state index is 0.132. The molecule has 1 aliphatic heterocycles. The molecule has 1 saturated heterocycles. The van der Waals surface area contributed by atoms with E-state index in [9.17, 15) is 9.59 Å². The van der Waals surface area contributed by atoms with Gasteiger partial charge in [-0.1, -0.05) is 36.7 Å². The average Bonchev–Trinajstić information content (AvgIpc) is 3.47. The molecule has 1 saturated carbocycles. The van der Waals surface area contributed by atoms with Crippen LogP contribution < -0.4 is 0 Å². The van der Waals surface area contributed by atoms with Crippen molar-refractivity contribution >= 4 is 23.4 Å². The quantitative estimate of drug-likeness (QED) is 0.778. The summed E-state index contributed by atoms with van der Waals surface area (Å²) in [6.07, 6.45) is 2.07. The lowest BCUT2D eigenvalue weighted by Gasteiger charge is -2.36. The lowest BCUT2D eigenvalue weighted by molar-refractivity contribution is -0.141. The Labute approximate surface area is 154 Å². The van der Waals surface area contributed by atoms with Crippen LogP contribution in [-0.4, -0.2) is 65.8 Å². The molecule has 1 aliphatic carbocycles. The van der Waals surface area contributed by atoms with Crippen molar-refractivity contribution in [3.63, 3.8) is 0 Å². The highest BCUT2D eigenvalue weighted by Crippen LogP contribution is 2.31. The van der Waals surface area contributed by atoms with Crippen LogP contribution in [0.15, 0.2) is 24.3 Å². The van der Waals surface area contributed by atoms with Crippen LogP contribution in [0, 0.1) is 5.92 Å². The van der Waals surface area contributed by atoms with Gasteiger partial charge in [0.25, 0.3) is 0 Å². The highest BCUT2D eigenvalue weighted by atomic mass is 35.5. The summed E-state index contributed by atoms with van der Waals surface area (Å²) in [7, 11) is 0. The number of amides is 2. The first-order valence-electron chi connectivity index (χ1n) is 9.10. The fourth-order valence-corrected chi connectivity index (χ4v) is 3.40. The zero-order valence-corrected chi connectivity index (χ0v) is 15.5. The second kappa shape index (κ2) is 8.19. The maximum Gasteiger partial charge on any atom is 0.236 e. The van der Waals surface area contributed by atoms with Crippen LogP contribution in [0.3, 0.4) is 0 Å². The largest absolute Gasteiger partial charge is 0.339 e. The van der Waals surface area contributed by atoms with E-state index in [2.05, 4.69) is 11.8 Å². The number of benzene rings is 1. The molecule has 0 spiro atoms. The van der Waals surface area contributed by atoms with Crippen molar-refractivity contribution in [1.82, 2.24) is 14.7 Å². The Kier molecular flexibility index (Phi) is 5.97. The topological polar surface area (TPSA) is 43.9 Å². The second-order valence-corrected chi connectivity index (χ2v) is 7.28. The standard InChI is InChI=1S/C19H26ClN3O2/c1-2-21(13-16-5-3-4-6-17(16)20)14-18(24)22-9-11-23(12-10-22)19(25)15-7-8-15/h3-6,15H,2,7-14H2,1H3. The van der Waals surface area contributed by atoms with E-state index in [-0.39, 0.29) is 17.7 Å². The summed E-state index contributed by atoms with van der Waals surface area (Å²) in [6.45, 7) is 6.51. The molecule has 2 aliphatic rings. The zero-order chi connectivity index (χ0) is 17.8. The molecule has 1 aromatic rings. The van der Waals surface area contributed by atoms with Crippen molar-refractivity contribution in [2.45, 2.75) is 26.3 Å². The van der Waals surface area contributed by atoms with Crippen molar-refractivity contribution in [1.29, 1.82) is 0 Å². The van der Waals surface area contributed by atoms with Gasteiger partial charge in [0.05, 0.1) is 6.54 Å². The van der Waals surface area contributed by atoms with Gasteiger partial charge >= 0.3 is 0 Å². The summed E-state index contributed by atoms with van der Waals surface area (Å²) in [5.41, 5.74) is 1.04. The Morgan fingerprint density at radius 3 is 2.36 bits per heavy atom. The van der Waals surface area contributed by atoms with Gasteiger partial charge < -0.3 is 9.80 Å². The van der Waals surface area contributed by atoms with Gasteiger partial charge in [0.1, 0.15) is 0 Å². The van der Waals surface area contributed by atoms with Crippen LogP contribution in [0.2, 0.25) is 5.02 Å². The number of carbonyl (C=O) groups is 2. The number of piperazine rings is 1. The lowest BCUT2D eigenvalue weighted by atomic mass is 10.2. The number of hydrogen-bond donors (Lipinski definition) is 0. The third-order valence-electron chi connectivity index (χ3n) is 5.03. The molecule has 6 heteroatoms. The Hall–Kier alpha value is -1.59. The van der Waals surface area contributed by atoms with Crippen LogP contribution in [-0.2, 0) is 16.1 Å². The molecule has 136 valence electrons. The van der Waals surface area contributed by atoms with E-state index in [0.29, 0.717) is 39.3 Å². The van der Waals surface area contributed by atoms with Gasteiger partial charge in [-0.2, -0.15) is 0 Å². The zero-order valence-electron chi connectivity index (χ0n) is 14.8. The van der Waals surface area contributed by atoms with Crippen molar-refractivity contribution in [2.24, 2.45) is 5.92 Å². The molecule has 2 fully saturated rings. The number of hydrogen-bond acceptors (Lipinski definition) is 3. The molecule has 0 radical (unpaired) electrons. The van der Waals surface area contributed by atoms with Crippen LogP contribution in [0.1, 0.15) is 25.3 Å². The van der Waals surface area contributed by atoms with Crippen LogP contribution >= 0.6 is 11.6 Å². The predicted molar refractivity (Wildman–Crippen MR) is 98.3 cm³/mol. The van der Waals surface area contributed by atoms with Gasteiger partial charge in [0.15, 0.2) is 0 Å². The summed E-state index contributed by atoms with van der Waals surface area (Å²) in [4.78, 5) is 30.6. The minimum absolute atomic E-state index is 0.132. The average molecular weight is 364 g/mol. The number of nitrogens with zero attached hydrogens (tertiary/aromatic N) is 3. The van der Waals surface area contributed by atoms with Crippen molar-refractivity contribution in [3.8, 4) is 0 Å². The van der Waals surface area contributed by atoms with E-state index < -0.39 is 0 Å². The molecule has 2 amide bonds. The molecule has 25 heavy (non-hydrogen) atoms. The van der Waals surface area contributed by atoms with Crippen LogP contribution in [0.4, 0.5) is 0 Å². The molecule has 3 rings (SSSR count). The minimum Gasteiger partial charge on any atom is -0.339 e. The molecular formula is C19H26ClN3O2. The van der Waals surface area contributed by atoms with Crippen molar-refractivity contribution < 1.29 is 9.59 Å². The van der Waals surface area contributed by atoms with Crippen LogP contribution in [0.25, 0.3) is 0 Å². The van der Waals surface area contributed by atoms with Crippen LogP contribution in [0.5, 0.6) is 0 Å². The molecule has 1 heterocycles. The first kappa shape index (κ1) is 18.2. The Morgan fingerprint density at radius 1 is 1.12 bits per heavy atom. The van der Waals surface area contributed by atoms with Gasteiger partial charge in [-0.3, -0.25) is 14.5 Å².